The van der Waals surface area contributed by atoms with Gasteiger partial charge in [-0.05, 0) is 25.0 Å². The first-order chi connectivity index (χ1) is 9.60. The van der Waals surface area contributed by atoms with E-state index in [4.69, 9.17) is 9.47 Å². The zero-order chi connectivity index (χ0) is 15.0. The molecular formula is C15H26IN3O2. The summed E-state index contributed by atoms with van der Waals surface area (Å²) in [5, 5.41) is 6.50. The first-order valence-corrected chi connectivity index (χ1v) is 6.89. The fourth-order valence-electron chi connectivity index (χ4n) is 1.64. The summed E-state index contributed by atoms with van der Waals surface area (Å²) < 4.78 is 10.8. The highest BCUT2D eigenvalue weighted by Crippen LogP contribution is 2.30. The van der Waals surface area contributed by atoms with Gasteiger partial charge in [-0.25, -0.2) is 0 Å². The molecule has 0 bridgehead atoms. The number of hydrogen-bond acceptors (Lipinski definition) is 3. The average molecular weight is 407 g/mol. The van der Waals surface area contributed by atoms with Gasteiger partial charge >= 0.3 is 0 Å². The van der Waals surface area contributed by atoms with Crippen LogP contribution in [0.15, 0.2) is 23.2 Å². The Kier molecular flexibility index (Phi) is 9.94. The summed E-state index contributed by atoms with van der Waals surface area (Å²) in [5.74, 6) is 2.75. The van der Waals surface area contributed by atoms with Crippen molar-refractivity contribution < 1.29 is 9.47 Å². The van der Waals surface area contributed by atoms with Crippen molar-refractivity contribution in [3.63, 3.8) is 0 Å². The van der Waals surface area contributed by atoms with Crippen LogP contribution in [0.5, 0.6) is 11.5 Å². The molecule has 120 valence electrons. The summed E-state index contributed by atoms with van der Waals surface area (Å²) in [5.41, 5.74) is 0.908. The van der Waals surface area contributed by atoms with Crippen molar-refractivity contribution in [1.82, 2.24) is 5.32 Å². The molecule has 0 saturated heterocycles. The zero-order valence-corrected chi connectivity index (χ0v) is 15.7. The molecule has 5 nitrogen and oxygen atoms in total. The lowest BCUT2D eigenvalue weighted by Crippen LogP contribution is -2.33. The number of nitrogens with zero attached hydrogens (tertiary/aromatic N) is 1. The van der Waals surface area contributed by atoms with Crippen molar-refractivity contribution in [2.75, 3.05) is 32.6 Å². The number of guanidine groups is 1. The molecule has 0 fully saturated rings. The maximum atomic E-state index is 5.56. The van der Waals surface area contributed by atoms with Gasteiger partial charge in [0.25, 0.3) is 0 Å². The summed E-state index contributed by atoms with van der Waals surface area (Å²) >= 11 is 0. The Balaban J connectivity index is 0.00000400. The van der Waals surface area contributed by atoms with Crippen molar-refractivity contribution >= 4 is 35.6 Å². The Morgan fingerprint density at radius 1 is 1.29 bits per heavy atom. The second-order valence-corrected chi connectivity index (χ2v) is 4.77. The lowest BCUT2D eigenvalue weighted by Gasteiger charge is -2.15. The van der Waals surface area contributed by atoms with E-state index in [0.29, 0.717) is 12.5 Å². The summed E-state index contributed by atoms with van der Waals surface area (Å²) in [4.78, 5) is 4.20. The molecule has 0 atom stereocenters. The number of anilines is 1. The van der Waals surface area contributed by atoms with Gasteiger partial charge in [0.15, 0.2) is 17.5 Å². The van der Waals surface area contributed by atoms with Gasteiger partial charge < -0.3 is 20.1 Å². The van der Waals surface area contributed by atoms with Crippen LogP contribution in [0.3, 0.4) is 0 Å². The van der Waals surface area contributed by atoms with Crippen LogP contribution in [0.25, 0.3) is 0 Å². The largest absolute Gasteiger partial charge is 0.493 e. The normalized spacial score (nSPS) is 10.9. The topological polar surface area (TPSA) is 54.9 Å². The molecule has 0 aliphatic carbocycles. The highest BCUT2D eigenvalue weighted by molar-refractivity contribution is 14.0. The summed E-state index contributed by atoms with van der Waals surface area (Å²) in [6.07, 6.45) is 0. The molecular weight excluding hydrogens is 381 g/mol. The average Bonchev–Trinajstić information content (AvgIpc) is 2.44. The summed E-state index contributed by atoms with van der Waals surface area (Å²) in [6.45, 7) is 7.72. The quantitative estimate of drug-likeness (QED) is 0.432. The van der Waals surface area contributed by atoms with Crippen molar-refractivity contribution in [2.45, 2.75) is 20.8 Å². The Morgan fingerprint density at radius 3 is 2.52 bits per heavy atom. The molecule has 0 aromatic heterocycles. The predicted octanol–water partition coefficient (Wildman–Crippen LogP) is 3.36. The lowest BCUT2D eigenvalue weighted by atomic mass is 10.2. The van der Waals surface area contributed by atoms with Gasteiger partial charge in [-0.15, -0.1) is 24.0 Å². The van der Waals surface area contributed by atoms with Crippen LogP contribution in [0.4, 0.5) is 5.69 Å². The third-order valence-corrected chi connectivity index (χ3v) is 2.63. The van der Waals surface area contributed by atoms with Crippen LogP contribution >= 0.6 is 24.0 Å². The van der Waals surface area contributed by atoms with E-state index in [0.717, 1.165) is 29.7 Å². The molecule has 21 heavy (non-hydrogen) atoms. The maximum Gasteiger partial charge on any atom is 0.195 e. The van der Waals surface area contributed by atoms with E-state index in [1.54, 1.807) is 14.2 Å². The number of benzene rings is 1. The highest BCUT2D eigenvalue weighted by atomic mass is 127. The van der Waals surface area contributed by atoms with E-state index < -0.39 is 0 Å². The van der Waals surface area contributed by atoms with Crippen molar-refractivity contribution in [3.8, 4) is 11.5 Å². The van der Waals surface area contributed by atoms with Crippen molar-refractivity contribution in [3.05, 3.63) is 18.2 Å². The molecule has 0 amide bonds. The first-order valence-electron chi connectivity index (χ1n) is 6.89. The standard InChI is InChI=1S/C15H25N3O2.HI/c1-6-20-14-9-12(7-8-13(14)19-5)18-15(16-4)17-10-11(2)3;/h7-9,11H,6,10H2,1-5H3,(H2,16,17,18);1H. The van der Waals surface area contributed by atoms with E-state index in [-0.39, 0.29) is 24.0 Å². The molecule has 1 rings (SSSR count). The number of methoxy groups -OCH3 is 1. The van der Waals surface area contributed by atoms with Crippen LogP contribution < -0.4 is 20.1 Å². The molecule has 0 aliphatic heterocycles. The molecule has 0 unspecified atom stereocenters. The third-order valence-electron chi connectivity index (χ3n) is 2.63. The third kappa shape index (κ3) is 6.88. The zero-order valence-electron chi connectivity index (χ0n) is 13.4. The highest BCUT2D eigenvalue weighted by Gasteiger charge is 2.07. The van der Waals surface area contributed by atoms with Crippen molar-refractivity contribution in [1.29, 1.82) is 0 Å². The second kappa shape index (κ2) is 10.5. The van der Waals surface area contributed by atoms with Gasteiger partial charge in [-0.2, -0.15) is 0 Å². The minimum Gasteiger partial charge on any atom is -0.493 e. The molecule has 0 saturated carbocycles. The Hall–Kier alpha value is -1.18. The molecule has 0 radical (unpaired) electrons. The van der Waals surface area contributed by atoms with Gasteiger partial charge in [0.2, 0.25) is 0 Å². The monoisotopic (exact) mass is 407 g/mol. The minimum atomic E-state index is 0. The molecule has 2 N–H and O–H groups in total. The predicted molar refractivity (Wildman–Crippen MR) is 99.4 cm³/mol. The summed E-state index contributed by atoms with van der Waals surface area (Å²) in [6, 6.07) is 5.72. The van der Waals surface area contributed by atoms with E-state index in [2.05, 4.69) is 29.5 Å². The Labute approximate surface area is 144 Å². The SMILES string of the molecule is CCOc1cc(NC(=NC)NCC(C)C)ccc1OC.I. The smallest absolute Gasteiger partial charge is 0.195 e. The van der Waals surface area contributed by atoms with Crippen LogP contribution in [0.2, 0.25) is 0 Å². The molecule has 0 heterocycles. The first kappa shape index (κ1) is 19.8. The van der Waals surface area contributed by atoms with E-state index in [1.807, 2.05) is 25.1 Å². The number of rotatable bonds is 6. The molecule has 0 spiro atoms. The molecule has 0 aliphatic rings. The van der Waals surface area contributed by atoms with Crippen LogP contribution in [-0.2, 0) is 0 Å². The van der Waals surface area contributed by atoms with E-state index in [1.165, 1.54) is 0 Å². The molecule has 1 aromatic rings. The fraction of sp³-hybridized carbons (Fsp3) is 0.533. The van der Waals surface area contributed by atoms with Gasteiger partial charge in [0.1, 0.15) is 0 Å². The summed E-state index contributed by atoms with van der Waals surface area (Å²) in [7, 11) is 3.39. The van der Waals surface area contributed by atoms with Crippen LogP contribution in [0, 0.1) is 5.92 Å². The number of ether oxygens (including phenoxy) is 2. The van der Waals surface area contributed by atoms with E-state index >= 15 is 0 Å². The van der Waals surface area contributed by atoms with Crippen molar-refractivity contribution in [2.24, 2.45) is 10.9 Å². The molecule has 1 aromatic carbocycles. The minimum absolute atomic E-state index is 0. The fourth-order valence-corrected chi connectivity index (χ4v) is 1.64. The number of nitrogens with one attached hydrogen (secondary N) is 2. The van der Waals surface area contributed by atoms with E-state index in [9.17, 15) is 0 Å². The number of halogens is 1. The second-order valence-electron chi connectivity index (χ2n) is 4.77. The van der Waals surface area contributed by atoms with Gasteiger partial charge in [-0.3, -0.25) is 4.99 Å². The Morgan fingerprint density at radius 2 is 2.00 bits per heavy atom. The van der Waals surface area contributed by atoms with Gasteiger partial charge in [-0.1, -0.05) is 13.8 Å². The van der Waals surface area contributed by atoms with Crippen LogP contribution in [0.1, 0.15) is 20.8 Å². The van der Waals surface area contributed by atoms with Crippen LogP contribution in [-0.4, -0.2) is 33.3 Å². The number of aliphatic imine (C=N–C) groups is 1. The number of hydrogen-bond donors (Lipinski definition) is 2. The van der Waals surface area contributed by atoms with Gasteiger partial charge in [0, 0.05) is 25.3 Å². The van der Waals surface area contributed by atoms with Gasteiger partial charge in [0.05, 0.1) is 13.7 Å². The Bertz CT molecular complexity index is 451. The lowest BCUT2D eigenvalue weighted by molar-refractivity contribution is 0.311. The maximum absolute atomic E-state index is 5.56. The molecule has 6 heteroatoms.